The Bertz CT molecular complexity index is 1130. The van der Waals surface area contributed by atoms with Crippen molar-refractivity contribution in [3.8, 4) is 0 Å². The van der Waals surface area contributed by atoms with Crippen LogP contribution in [-0.4, -0.2) is 101 Å². The Labute approximate surface area is 255 Å². The number of nitrogens with two attached hydrogens (primary N) is 1. The molecule has 44 heavy (non-hydrogen) atoms. The van der Waals surface area contributed by atoms with Crippen LogP contribution in [0.25, 0.3) is 0 Å². The van der Waals surface area contributed by atoms with E-state index >= 15 is 0 Å². The Morgan fingerprint density at radius 3 is 1.86 bits per heavy atom. The van der Waals surface area contributed by atoms with Crippen molar-refractivity contribution in [1.82, 2.24) is 15.5 Å². The number of esters is 4. The lowest BCUT2D eigenvalue weighted by molar-refractivity contribution is -0.218. The van der Waals surface area contributed by atoms with E-state index in [-0.39, 0.29) is 25.3 Å². The van der Waals surface area contributed by atoms with Gasteiger partial charge in [0.05, 0.1) is 6.54 Å². The molecular weight excluding hydrogens is 584 g/mol. The fourth-order valence-electron chi connectivity index (χ4n) is 5.58. The molecule has 2 aliphatic rings. The summed E-state index contributed by atoms with van der Waals surface area (Å²) in [5.41, 5.74) is 3.03. The van der Waals surface area contributed by atoms with Gasteiger partial charge in [-0.3, -0.25) is 38.4 Å². The lowest BCUT2D eigenvalue weighted by Crippen LogP contribution is -2.64. The number of primary amides is 1. The topological polar surface area (TPSA) is 227 Å². The van der Waals surface area contributed by atoms with Crippen molar-refractivity contribution in [2.75, 3.05) is 13.1 Å². The molecule has 0 spiro atoms. The summed E-state index contributed by atoms with van der Waals surface area (Å²) in [4.78, 5) is 101. The van der Waals surface area contributed by atoms with Gasteiger partial charge >= 0.3 is 23.9 Å². The molecule has 2 unspecified atom stereocenters. The number of carbonyl (C=O) groups excluding carboxylic acids is 8. The molecule has 1 aliphatic carbocycles. The predicted octanol–water partition coefficient (Wildman–Crippen LogP) is -0.999. The van der Waals surface area contributed by atoms with Crippen LogP contribution >= 0.6 is 0 Å². The molecule has 4 amide bonds. The summed E-state index contributed by atoms with van der Waals surface area (Å²) in [6.07, 6.45) is -4.14. The van der Waals surface area contributed by atoms with E-state index in [0.29, 0.717) is 6.42 Å². The second-order valence-corrected chi connectivity index (χ2v) is 11.4. The Morgan fingerprint density at radius 2 is 1.41 bits per heavy atom. The second kappa shape index (κ2) is 15.5. The minimum atomic E-state index is -2.08. The number of hydrogen-bond donors (Lipinski definition) is 3. The van der Waals surface area contributed by atoms with Crippen LogP contribution in [0.15, 0.2) is 0 Å². The maximum Gasteiger partial charge on any atom is 0.303 e. The average molecular weight is 627 g/mol. The fourth-order valence-corrected chi connectivity index (χ4v) is 5.58. The molecule has 1 saturated carbocycles. The van der Waals surface area contributed by atoms with Crippen LogP contribution in [0.1, 0.15) is 73.6 Å². The summed E-state index contributed by atoms with van der Waals surface area (Å²) in [6, 6.07) is -2.12. The highest BCUT2D eigenvalue weighted by atomic mass is 16.6. The van der Waals surface area contributed by atoms with E-state index in [1.807, 2.05) is 13.8 Å². The lowest BCUT2D eigenvalue weighted by atomic mass is 9.77. The number of rotatable bonds is 12. The van der Waals surface area contributed by atoms with Gasteiger partial charge in [-0.2, -0.15) is 0 Å². The molecule has 1 heterocycles. The number of nitrogens with one attached hydrogen (secondary N) is 2. The molecule has 0 aromatic heterocycles. The molecular formula is C28H42N4O12. The van der Waals surface area contributed by atoms with E-state index in [1.54, 1.807) is 0 Å². The fraction of sp³-hybridized carbons (Fsp3) is 0.714. The number of hydrogen-bond acceptors (Lipinski definition) is 12. The smallest absolute Gasteiger partial charge is 0.303 e. The minimum absolute atomic E-state index is 0.0306. The molecule has 246 valence electrons. The van der Waals surface area contributed by atoms with Gasteiger partial charge in [0, 0.05) is 47.1 Å². The van der Waals surface area contributed by atoms with E-state index in [0.717, 1.165) is 27.7 Å². The lowest BCUT2D eigenvalue weighted by Gasteiger charge is -2.46. The van der Waals surface area contributed by atoms with Gasteiger partial charge in [-0.05, 0) is 25.2 Å². The van der Waals surface area contributed by atoms with E-state index in [2.05, 4.69) is 10.6 Å². The summed E-state index contributed by atoms with van der Waals surface area (Å²) in [5, 5.41) is 5.02. The van der Waals surface area contributed by atoms with Crippen molar-refractivity contribution in [3.63, 3.8) is 0 Å². The highest BCUT2D eigenvalue weighted by Crippen LogP contribution is 2.40. The van der Waals surface area contributed by atoms with Crippen molar-refractivity contribution >= 4 is 47.5 Å². The van der Waals surface area contributed by atoms with E-state index in [4.69, 9.17) is 24.7 Å². The number of amides is 4. The third-order valence-electron chi connectivity index (χ3n) is 7.05. The molecule has 2 fully saturated rings. The highest BCUT2D eigenvalue weighted by molar-refractivity contribution is 5.96. The van der Waals surface area contributed by atoms with Crippen molar-refractivity contribution in [1.29, 1.82) is 0 Å². The monoisotopic (exact) mass is 626 g/mol. The standard InChI is InChI=1S/C28H42N4O12/c1-14(2)10-19(25(38)30-13-23(29)37)31-26(39)20-8-7-9-32(20)27(40)28(44-18(6)36)11-21(41-15(3)33)24(43-17(5)35)22(12-28)42-16(4)34/h14,19-22,24H,7-13H2,1-6H3,(H2,29,37)(H,30,38)(H,31,39)/t19?,20?,21-,22-,24?,28?/m0/s1. The zero-order valence-electron chi connectivity index (χ0n) is 25.8. The van der Waals surface area contributed by atoms with Crippen molar-refractivity contribution in [2.24, 2.45) is 11.7 Å². The molecule has 0 bridgehead atoms. The van der Waals surface area contributed by atoms with Crippen molar-refractivity contribution < 1.29 is 57.3 Å². The molecule has 0 aromatic rings. The summed E-state index contributed by atoms with van der Waals surface area (Å²) >= 11 is 0. The number of ether oxygens (including phenoxy) is 4. The maximum absolute atomic E-state index is 14.3. The Morgan fingerprint density at radius 1 is 0.864 bits per heavy atom. The first-order valence-electron chi connectivity index (χ1n) is 14.3. The molecule has 0 aromatic carbocycles. The van der Waals surface area contributed by atoms with Crippen LogP contribution in [0.2, 0.25) is 0 Å². The Balaban J connectivity index is 2.46. The van der Waals surface area contributed by atoms with Crippen molar-refractivity contribution in [3.05, 3.63) is 0 Å². The first-order chi connectivity index (χ1) is 20.4. The SMILES string of the molecule is CC(=O)OC1[C@@H](OC(C)=O)CC(OC(C)=O)(C(=O)N2CCCC2C(=O)NC(CC(C)C)C(=O)NCC(N)=O)C[C@@H]1OC(C)=O. The summed E-state index contributed by atoms with van der Waals surface area (Å²) in [7, 11) is 0. The van der Waals surface area contributed by atoms with Crippen molar-refractivity contribution in [2.45, 2.75) is 110 Å². The van der Waals surface area contributed by atoms with Crippen LogP contribution in [0.3, 0.4) is 0 Å². The van der Waals surface area contributed by atoms with Gasteiger partial charge in [0.2, 0.25) is 17.7 Å². The van der Waals surface area contributed by atoms with Crippen LogP contribution in [0.4, 0.5) is 0 Å². The molecule has 1 aliphatic heterocycles. The highest BCUT2D eigenvalue weighted by Gasteiger charge is 2.59. The molecule has 0 radical (unpaired) electrons. The number of nitrogens with zero attached hydrogens (tertiary/aromatic N) is 1. The van der Waals surface area contributed by atoms with Gasteiger partial charge in [0.1, 0.15) is 24.3 Å². The van der Waals surface area contributed by atoms with Crippen LogP contribution in [0.5, 0.6) is 0 Å². The van der Waals surface area contributed by atoms with E-state index in [9.17, 15) is 38.4 Å². The quantitative estimate of drug-likeness (QED) is 0.175. The van der Waals surface area contributed by atoms with Gasteiger partial charge in [-0.15, -0.1) is 0 Å². The largest absolute Gasteiger partial charge is 0.458 e. The molecule has 1 saturated heterocycles. The Kier molecular flexibility index (Phi) is 12.6. The second-order valence-electron chi connectivity index (χ2n) is 11.4. The molecule has 4 atom stereocenters. The zero-order valence-corrected chi connectivity index (χ0v) is 25.8. The van der Waals surface area contributed by atoms with Crippen LogP contribution in [0, 0.1) is 5.92 Å². The molecule has 16 nitrogen and oxygen atoms in total. The summed E-state index contributed by atoms with van der Waals surface area (Å²) in [5.74, 6) is -6.16. The number of carbonyl (C=O) groups is 8. The minimum Gasteiger partial charge on any atom is -0.458 e. The Hall–Kier alpha value is -4.24. The van der Waals surface area contributed by atoms with Crippen LogP contribution < -0.4 is 16.4 Å². The van der Waals surface area contributed by atoms with Gasteiger partial charge in [-0.1, -0.05) is 13.8 Å². The molecule has 16 heteroatoms. The third-order valence-corrected chi connectivity index (χ3v) is 7.05. The van der Waals surface area contributed by atoms with E-state index < -0.39 is 103 Å². The normalized spacial score (nSPS) is 25.3. The molecule has 2 rings (SSSR count). The maximum atomic E-state index is 14.3. The first-order valence-corrected chi connectivity index (χ1v) is 14.3. The predicted molar refractivity (Wildman–Crippen MR) is 149 cm³/mol. The van der Waals surface area contributed by atoms with Gasteiger partial charge in [0.25, 0.3) is 5.91 Å². The summed E-state index contributed by atoms with van der Waals surface area (Å²) in [6.45, 7) is 7.65. The molecule has 4 N–H and O–H groups in total. The first kappa shape index (κ1) is 36.0. The van der Waals surface area contributed by atoms with E-state index in [1.165, 1.54) is 4.90 Å². The average Bonchev–Trinajstić information content (AvgIpc) is 3.37. The third kappa shape index (κ3) is 9.91. The van der Waals surface area contributed by atoms with Crippen LogP contribution in [-0.2, 0) is 57.3 Å². The zero-order chi connectivity index (χ0) is 33.4. The summed E-state index contributed by atoms with van der Waals surface area (Å²) < 4.78 is 21.7. The van der Waals surface area contributed by atoms with Gasteiger partial charge < -0.3 is 40.2 Å². The number of likely N-dealkylation sites (tertiary alicyclic amines) is 1. The van der Waals surface area contributed by atoms with Gasteiger partial charge in [0.15, 0.2) is 11.7 Å². The van der Waals surface area contributed by atoms with Gasteiger partial charge in [-0.25, -0.2) is 0 Å².